The number of nitrogens with two attached hydrogens (primary N) is 1. The number of anilines is 1. The maximum Gasteiger partial charge on any atom is 0.351 e. The van der Waals surface area contributed by atoms with Gasteiger partial charge in [-0.15, -0.1) is 0 Å². The van der Waals surface area contributed by atoms with Gasteiger partial charge in [0.15, 0.2) is 12.4 Å². The van der Waals surface area contributed by atoms with Gasteiger partial charge in [-0.05, 0) is 74.7 Å². The highest BCUT2D eigenvalue weighted by Gasteiger charge is 2.51. The minimum absolute atomic E-state index is 0.00196. The minimum atomic E-state index is -1.91. The van der Waals surface area contributed by atoms with E-state index in [9.17, 15) is 10.1 Å². The number of methoxy groups -OCH3 is 2. The molecule has 5 atom stereocenters. The number of hydrogen-bond acceptors (Lipinski definition) is 11. The Morgan fingerprint density at radius 2 is 1.51 bits per heavy atom. The fraction of sp³-hybridized carbons (Fsp3) is 0.410. The number of rotatable bonds is 17. The highest BCUT2D eigenvalue weighted by Crippen LogP contribution is 2.51. The normalized spacial score (nSPS) is 19.4. The zero-order valence-corrected chi connectivity index (χ0v) is 31.7. The van der Waals surface area contributed by atoms with E-state index in [1.165, 1.54) is 12.3 Å². The molecule has 0 saturated carbocycles. The summed E-state index contributed by atoms with van der Waals surface area (Å²) >= 11 is 0. The molecular formula is C39H47FN5O7P. The van der Waals surface area contributed by atoms with E-state index in [2.05, 4.69) is 11.1 Å². The van der Waals surface area contributed by atoms with Crippen LogP contribution in [0.3, 0.4) is 0 Å². The van der Waals surface area contributed by atoms with Crippen LogP contribution in [0.15, 0.2) is 95.9 Å². The first kappa shape index (κ1) is 39.8. The number of ether oxygens (including phenoxy) is 4. The number of nitrogen functional groups attached to an aromatic ring is 1. The van der Waals surface area contributed by atoms with Crippen molar-refractivity contribution in [2.24, 2.45) is 0 Å². The van der Waals surface area contributed by atoms with Gasteiger partial charge in [0, 0.05) is 18.3 Å². The van der Waals surface area contributed by atoms with Crippen molar-refractivity contribution in [2.45, 2.75) is 76.4 Å². The maximum atomic E-state index is 17.0. The Kier molecular flexibility index (Phi) is 13.6. The fourth-order valence-corrected chi connectivity index (χ4v) is 8.24. The Balaban J connectivity index is 1.62. The molecule has 12 nitrogen and oxygen atoms in total. The molecule has 1 aliphatic heterocycles. The smallest absolute Gasteiger partial charge is 0.351 e. The first-order valence-electron chi connectivity index (χ1n) is 17.4. The van der Waals surface area contributed by atoms with Gasteiger partial charge >= 0.3 is 5.69 Å². The van der Waals surface area contributed by atoms with Gasteiger partial charge < -0.3 is 33.7 Å². The molecule has 282 valence electrons. The zero-order chi connectivity index (χ0) is 38.1. The minimum Gasteiger partial charge on any atom is -0.497 e. The summed E-state index contributed by atoms with van der Waals surface area (Å²) in [4.78, 5) is 16.8. The monoisotopic (exact) mass is 747 g/mol. The molecule has 1 aromatic heterocycles. The van der Waals surface area contributed by atoms with E-state index in [1.54, 1.807) is 14.2 Å². The Morgan fingerprint density at radius 3 is 2.02 bits per heavy atom. The molecular weight excluding hydrogens is 700 g/mol. The summed E-state index contributed by atoms with van der Waals surface area (Å²) in [6.07, 6.45) is -4.11. The number of halogens is 1. The van der Waals surface area contributed by atoms with Gasteiger partial charge in [0.25, 0.3) is 8.53 Å². The average molecular weight is 748 g/mol. The SMILES string of the molecule is COc1ccc(C(OC[C@H]2O[C@@H](n3ccc(N)nc3=O)[C@H](F)[C@@H]2O[P@](OCCC#N)N(C(C)C)C(C)C)(c2ccccc2)c2ccc(OC)cc2)cc1. The van der Waals surface area contributed by atoms with E-state index in [-0.39, 0.29) is 37.5 Å². The molecule has 5 rings (SSSR count). The van der Waals surface area contributed by atoms with Crippen molar-refractivity contribution in [3.63, 3.8) is 0 Å². The van der Waals surface area contributed by atoms with Gasteiger partial charge in [-0.25, -0.2) is 13.9 Å². The van der Waals surface area contributed by atoms with Crippen molar-refractivity contribution in [3.05, 3.63) is 118 Å². The molecule has 3 aromatic carbocycles. The molecule has 0 spiro atoms. The lowest BCUT2D eigenvalue weighted by Crippen LogP contribution is -2.41. The molecule has 0 amide bonds. The number of hydrogen-bond donors (Lipinski definition) is 1. The summed E-state index contributed by atoms with van der Waals surface area (Å²) in [6, 6.07) is 28.2. The lowest BCUT2D eigenvalue weighted by atomic mass is 9.80. The molecule has 0 radical (unpaired) electrons. The van der Waals surface area contributed by atoms with Crippen molar-refractivity contribution in [3.8, 4) is 17.6 Å². The molecule has 0 unspecified atom stereocenters. The predicted molar refractivity (Wildman–Crippen MR) is 200 cm³/mol. The van der Waals surface area contributed by atoms with Crippen LogP contribution in [0.4, 0.5) is 10.2 Å². The maximum absolute atomic E-state index is 17.0. The van der Waals surface area contributed by atoms with Crippen LogP contribution in [0.25, 0.3) is 0 Å². The first-order valence-corrected chi connectivity index (χ1v) is 18.5. The van der Waals surface area contributed by atoms with Crippen LogP contribution in [0.2, 0.25) is 0 Å². The van der Waals surface area contributed by atoms with Crippen molar-refractivity contribution in [1.29, 1.82) is 5.26 Å². The van der Waals surface area contributed by atoms with Crippen molar-refractivity contribution < 1.29 is 32.4 Å². The second kappa shape index (κ2) is 18.1. The van der Waals surface area contributed by atoms with E-state index < -0.39 is 44.4 Å². The number of aromatic nitrogens is 2. The predicted octanol–water partition coefficient (Wildman–Crippen LogP) is 6.75. The highest BCUT2D eigenvalue weighted by atomic mass is 31.2. The average Bonchev–Trinajstić information content (AvgIpc) is 3.46. The molecule has 1 aliphatic rings. The van der Waals surface area contributed by atoms with Crippen LogP contribution in [-0.2, 0) is 24.1 Å². The van der Waals surface area contributed by atoms with Crippen molar-refractivity contribution in [2.75, 3.05) is 33.2 Å². The lowest BCUT2D eigenvalue weighted by Gasteiger charge is -2.39. The zero-order valence-electron chi connectivity index (χ0n) is 30.8. The second-order valence-electron chi connectivity index (χ2n) is 13.0. The standard InChI is InChI=1S/C39H47FN5O7P/c1-26(2)45(27(3)4)53(50-24-10-22-41)52-36-33(51-37(35(36)40)44-23-21-34(42)43-38(44)46)25-49-39(28-11-8-7-9-12-28,29-13-17-31(47-5)18-14-29)30-15-19-32(48-6)20-16-30/h7-9,11-21,23,26-27,33,35-37H,10,24-25H2,1-6H3,(H2,42,43,46)/t33-,35-,36-,37-,53+/m1/s1. The van der Waals surface area contributed by atoms with Crippen LogP contribution in [-0.4, -0.2) is 72.1 Å². The molecule has 1 fully saturated rings. The van der Waals surface area contributed by atoms with Gasteiger partial charge in [-0.2, -0.15) is 10.2 Å². The molecule has 2 heterocycles. The summed E-state index contributed by atoms with van der Waals surface area (Å²) in [5.74, 6) is 1.32. The molecule has 4 aromatic rings. The number of alkyl halides is 1. The van der Waals surface area contributed by atoms with E-state index in [4.69, 9.17) is 33.7 Å². The molecule has 53 heavy (non-hydrogen) atoms. The van der Waals surface area contributed by atoms with Crippen LogP contribution in [0.1, 0.15) is 57.0 Å². The number of nitriles is 1. The largest absolute Gasteiger partial charge is 0.497 e. The number of nitrogens with zero attached hydrogens (tertiary/aromatic N) is 4. The summed E-state index contributed by atoms with van der Waals surface area (Å²) in [5.41, 5.74) is 6.09. The lowest BCUT2D eigenvalue weighted by molar-refractivity contribution is -0.0934. The van der Waals surface area contributed by atoms with Crippen LogP contribution in [0.5, 0.6) is 11.5 Å². The summed E-state index contributed by atoms with van der Waals surface area (Å²) in [5, 5.41) is 9.26. The van der Waals surface area contributed by atoms with Crippen LogP contribution >= 0.6 is 8.53 Å². The van der Waals surface area contributed by atoms with Gasteiger partial charge in [0.05, 0.1) is 39.9 Å². The van der Waals surface area contributed by atoms with E-state index in [1.807, 2.05) is 111 Å². The van der Waals surface area contributed by atoms with E-state index >= 15 is 4.39 Å². The Morgan fingerprint density at radius 1 is 0.943 bits per heavy atom. The van der Waals surface area contributed by atoms with Gasteiger partial charge in [-0.3, -0.25) is 4.57 Å². The Labute approximate surface area is 311 Å². The quantitative estimate of drug-likeness (QED) is 0.0696. The number of benzene rings is 3. The van der Waals surface area contributed by atoms with Crippen molar-refractivity contribution >= 4 is 14.3 Å². The second-order valence-corrected chi connectivity index (χ2v) is 14.4. The van der Waals surface area contributed by atoms with Crippen LogP contribution < -0.4 is 20.9 Å². The summed E-state index contributed by atoms with van der Waals surface area (Å²) < 4.78 is 57.3. The molecule has 2 N–H and O–H groups in total. The topological polar surface area (TPSA) is 143 Å². The summed E-state index contributed by atoms with van der Waals surface area (Å²) in [6.45, 7) is 7.87. The third-order valence-corrected chi connectivity index (χ3v) is 11.0. The third kappa shape index (κ3) is 8.87. The van der Waals surface area contributed by atoms with E-state index in [0.29, 0.717) is 11.5 Å². The molecule has 0 aliphatic carbocycles. The van der Waals surface area contributed by atoms with Gasteiger partial charge in [-0.1, -0.05) is 54.6 Å². The fourth-order valence-electron chi connectivity index (χ4n) is 6.48. The Hall–Kier alpha value is -4.41. The van der Waals surface area contributed by atoms with Gasteiger partial charge in [0.2, 0.25) is 0 Å². The third-order valence-electron chi connectivity index (χ3n) is 8.90. The van der Waals surface area contributed by atoms with Crippen LogP contribution in [0, 0.1) is 11.3 Å². The first-order chi connectivity index (χ1) is 25.5. The highest BCUT2D eigenvalue weighted by molar-refractivity contribution is 7.44. The Bertz CT molecular complexity index is 1800. The summed E-state index contributed by atoms with van der Waals surface area (Å²) in [7, 11) is 1.29. The van der Waals surface area contributed by atoms with Crippen molar-refractivity contribution in [1.82, 2.24) is 14.2 Å². The molecule has 0 bridgehead atoms. The molecule has 14 heteroatoms. The van der Waals surface area contributed by atoms with E-state index in [0.717, 1.165) is 21.3 Å². The van der Waals surface area contributed by atoms with Gasteiger partial charge in [0.1, 0.15) is 35.1 Å². The molecule has 1 saturated heterocycles.